The summed E-state index contributed by atoms with van der Waals surface area (Å²) >= 11 is 3.52. The van der Waals surface area contributed by atoms with Crippen LogP contribution in [-0.2, 0) is 6.54 Å². The Kier molecular flexibility index (Phi) is 5.67. The summed E-state index contributed by atoms with van der Waals surface area (Å²) in [5, 5.41) is 8.90. The lowest BCUT2D eigenvalue weighted by atomic mass is 10.1. The number of aliphatic hydroxyl groups excluding tert-OH is 1. The highest BCUT2D eigenvalue weighted by atomic mass is 79.9. The first-order valence-corrected chi connectivity index (χ1v) is 7.71. The van der Waals surface area contributed by atoms with Crippen molar-refractivity contribution < 1.29 is 9.84 Å². The first kappa shape index (κ1) is 14.8. The zero-order valence-electron chi connectivity index (χ0n) is 11.4. The standard InChI is InChI=1S/C15H22BrNO2/c1-19-15-7-4-13(16)10-12(15)11-17(14-5-6-14)8-2-3-9-18/h4,7,10,14,18H,2-3,5-6,8-9,11H2,1H3. The number of rotatable bonds is 8. The molecule has 0 aromatic heterocycles. The van der Waals surface area contributed by atoms with E-state index in [-0.39, 0.29) is 0 Å². The molecule has 1 aliphatic rings. The monoisotopic (exact) mass is 327 g/mol. The summed E-state index contributed by atoms with van der Waals surface area (Å²) in [6.07, 6.45) is 4.55. The molecule has 0 saturated heterocycles. The summed E-state index contributed by atoms with van der Waals surface area (Å²) < 4.78 is 6.53. The zero-order chi connectivity index (χ0) is 13.7. The second-order valence-electron chi connectivity index (χ2n) is 5.09. The normalized spacial score (nSPS) is 14.9. The van der Waals surface area contributed by atoms with Gasteiger partial charge in [-0.3, -0.25) is 4.90 Å². The van der Waals surface area contributed by atoms with Gasteiger partial charge >= 0.3 is 0 Å². The van der Waals surface area contributed by atoms with Gasteiger partial charge in [-0.15, -0.1) is 0 Å². The van der Waals surface area contributed by atoms with Crippen molar-refractivity contribution in [1.82, 2.24) is 4.90 Å². The Hall–Kier alpha value is -0.580. The van der Waals surface area contributed by atoms with Crippen LogP contribution >= 0.6 is 15.9 Å². The third-order valence-electron chi connectivity index (χ3n) is 3.53. The molecule has 4 heteroatoms. The maximum Gasteiger partial charge on any atom is 0.123 e. The van der Waals surface area contributed by atoms with E-state index in [2.05, 4.69) is 26.9 Å². The van der Waals surface area contributed by atoms with E-state index >= 15 is 0 Å². The van der Waals surface area contributed by atoms with Crippen molar-refractivity contribution in [3.63, 3.8) is 0 Å². The molecule has 2 rings (SSSR count). The summed E-state index contributed by atoms with van der Waals surface area (Å²) in [5.41, 5.74) is 1.23. The van der Waals surface area contributed by atoms with Gasteiger partial charge in [0.2, 0.25) is 0 Å². The highest BCUT2D eigenvalue weighted by Crippen LogP contribution is 2.31. The summed E-state index contributed by atoms with van der Waals surface area (Å²) in [4.78, 5) is 2.51. The van der Waals surface area contributed by atoms with Crippen molar-refractivity contribution in [1.29, 1.82) is 0 Å². The molecule has 19 heavy (non-hydrogen) atoms. The van der Waals surface area contributed by atoms with Crippen LogP contribution in [0.2, 0.25) is 0 Å². The Balaban J connectivity index is 2.01. The van der Waals surface area contributed by atoms with Crippen molar-refractivity contribution in [2.45, 2.75) is 38.3 Å². The van der Waals surface area contributed by atoms with E-state index in [1.54, 1.807) is 7.11 Å². The fourth-order valence-electron chi connectivity index (χ4n) is 2.35. The Morgan fingerprint density at radius 1 is 1.37 bits per heavy atom. The minimum Gasteiger partial charge on any atom is -0.496 e. The van der Waals surface area contributed by atoms with E-state index in [0.29, 0.717) is 6.61 Å². The van der Waals surface area contributed by atoms with Crippen molar-refractivity contribution in [3.8, 4) is 5.75 Å². The van der Waals surface area contributed by atoms with Crippen LogP contribution in [0.25, 0.3) is 0 Å². The number of hydrogen-bond acceptors (Lipinski definition) is 3. The average molecular weight is 328 g/mol. The predicted octanol–water partition coefficient (Wildman–Crippen LogP) is 3.19. The molecule has 106 valence electrons. The van der Waals surface area contributed by atoms with Crippen molar-refractivity contribution in [2.75, 3.05) is 20.3 Å². The minimum absolute atomic E-state index is 0.290. The van der Waals surface area contributed by atoms with Gasteiger partial charge in [-0.25, -0.2) is 0 Å². The van der Waals surface area contributed by atoms with Gasteiger partial charge in [0.15, 0.2) is 0 Å². The highest BCUT2D eigenvalue weighted by Gasteiger charge is 2.29. The maximum absolute atomic E-state index is 8.90. The molecule has 1 aromatic rings. The van der Waals surface area contributed by atoms with E-state index < -0.39 is 0 Å². The van der Waals surface area contributed by atoms with Gasteiger partial charge in [-0.1, -0.05) is 15.9 Å². The molecule has 0 spiro atoms. The third kappa shape index (κ3) is 4.48. The smallest absolute Gasteiger partial charge is 0.123 e. The molecular weight excluding hydrogens is 306 g/mol. The average Bonchev–Trinajstić information content (AvgIpc) is 3.22. The Morgan fingerprint density at radius 3 is 2.79 bits per heavy atom. The molecule has 1 aromatic carbocycles. The number of hydrogen-bond donors (Lipinski definition) is 1. The van der Waals surface area contributed by atoms with Crippen molar-refractivity contribution >= 4 is 15.9 Å². The number of halogens is 1. The fourth-order valence-corrected chi connectivity index (χ4v) is 2.76. The van der Waals surface area contributed by atoms with Gasteiger partial charge in [0.1, 0.15) is 5.75 Å². The van der Waals surface area contributed by atoms with Crippen LogP contribution in [-0.4, -0.2) is 36.3 Å². The molecule has 0 radical (unpaired) electrons. The van der Waals surface area contributed by atoms with Crippen LogP contribution in [0.1, 0.15) is 31.2 Å². The zero-order valence-corrected chi connectivity index (χ0v) is 13.0. The largest absolute Gasteiger partial charge is 0.496 e. The quantitative estimate of drug-likeness (QED) is 0.744. The molecule has 0 amide bonds. The lowest BCUT2D eigenvalue weighted by Crippen LogP contribution is -2.27. The van der Waals surface area contributed by atoms with Crippen LogP contribution < -0.4 is 4.74 Å². The molecule has 1 N–H and O–H groups in total. The molecule has 0 unspecified atom stereocenters. The van der Waals surface area contributed by atoms with Gasteiger partial charge in [-0.05, 0) is 50.4 Å². The van der Waals surface area contributed by atoms with Gasteiger partial charge in [0.25, 0.3) is 0 Å². The molecule has 1 saturated carbocycles. The molecule has 0 bridgehead atoms. The van der Waals surface area contributed by atoms with Crippen LogP contribution in [0.5, 0.6) is 5.75 Å². The second-order valence-corrected chi connectivity index (χ2v) is 6.00. The number of methoxy groups -OCH3 is 1. The number of aliphatic hydroxyl groups is 1. The van der Waals surface area contributed by atoms with Crippen LogP contribution in [0, 0.1) is 0 Å². The lowest BCUT2D eigenvalue weighted by Gasteiger charge is -2.23. The second kappa shape index (κ2) is 7.27. The first-order valence-electron chi connectivity index (χ1n) is 6.92. The molecule has 3 nitrogen and oxygen atoms in total. The molecular formula is C15H22BrNO2. The summed E-state index contributed by atoms with van der Waals surface area (Å²) in [6.45, 7) is 2.28. The van der Waals surface area contributed by atoms with E-state index in [1.165, 1.54) is 18.4 Å². The van der Waals surface area contributed by atoms with E-state index in [0.717, 1.165) is 42.2 Å². The predicted molar refractivity (Wildman–Crippen MR) is 80.4 cm³/mol. The molecule has 1 aliphatic carbocycles. The van der Waals surface area contributed by atoms with Crippen LogP contribution in [0.3, 0.4) is 0 Å². The number of ether oxygens (including phenoxy) is 1. The molecule has 0 atom stereocenters. The topological polar surface area (TPSA) is 32.7 Å². The van der Waals surface area contributed by atoms with Gasteiger partial charge < -0.3 is 9.84 Å². The Morgan fingerprint density at radius 2 is 2.16 bits per heavy atom. The first-order chi connectivity index (χ1) is 9.24. The number of unbranched alkanes of at least 4 members (excludes halogenated alkanes) is 1. The van der Waals surface area contributed by atoms with Gasteiger partial charge in [0, 0.05) is 29.2 Å². The Labute approximate surface area is 123 Å². The maximum atomic E-state index is 8.90. The van der Waals surface area contributed by atoms with E-state index in [4.69, 9.17) is 9.84 Å². The fraction of sp³-hybridized carbons (Fsp3) is 0.600. The van der Waals surface area contributed by atoms with Crippen LogP contribution in [0.4, 0.5) is 0 Å². The van der Waals surface area contributed by atoms with Gasteiger partial charge in [-0.2, -0.15) is 0 Å². The van der Waals surface area contributed by atoms with Crippen molar-refractivity contribution in [3.05, 3.63) is 28.2 Å². The molecule has 1 fully saturated rings. The number of benzene rings is 1. The van der Waals surface area contributed by atoms with Crippen LogP contribution in [0.15, 0.2) is 22.7 Å². The van der Waals surface area contributed by atoms with Crippen molar-refractivity contribution in [2.24, 2.45) is 0 Å². The highest BCUT2D eigenvalue weighted by molar-refractivity contribution is 9.10. The minimum atomic E-state index is 0.290. The summed E-state index contributed by atoms with van der Waals surface area (Å²) in [7, 11) is 1.72. The molecule has 0 heterocycles. The third-order valence-corrected chi connectivity index (χ3v) is 4.03. The van der Waals surface area contributed by atoms with E-state index in [1.807, 2.05) is 12.1 Å². The summed E-state index contributed by atoms with van der Waals surface area (Å²) in [5.74, 6) is 0.955. The number of nitrogens with zero attached hydrogens (tertiary/aromatic N) is 1. The molecule has 0 aliphatic heterocycles. The SMILES string of the molecule is COc1ccc(Br)cc1CN(CCCCO)C1CC1. The van der Waals surface area contributed by atoms with Gasteiger partial charge in [0.05, 0.1) is 7.11 Å². The lowest BCUT2D eigenvalue weighted by molar-refractivity contribution is 0.226. The van der Waals surface area contributed by atoms with E-state index in [9.17, 15) is 0 Å². The Bertz CT molecular complexity index is 407. The summed E-state index contributed by atoms with van der Waals surface area (Å²) in [6, 6.07) is 6.89.